The van der Waals surface area contributed by atoms with Crippen LogP contribution in [0.5, 0.6) is 0 Å². The van der Waals surface area contributed by atoms with E-state index in [2.05, 4.69) is 4.65 Å². The first-order chi connectivity index (χ1) is 4.04. The van der Waals surface area contributed by atoms with Crippen molar-refractivity contribution in [1.29, 1.82) is 0 Å². The van der Waals surface area contributed by atoms with E-state index in [1.54, 1.807) is 0 Å². The van der Waals surface area contributed by atoms with Crippen molar-refractivity contribution in [1.82, 2.24) is 0 Å². The van der Waals surface area contributed by atoms with E-state index in [1.165, 1.54) is 0 Å². The zero-order valence-corrected chi connectivity index (χ0v) is 6.21. The normalized spacial score (nSPS) is 12.6. The van der Waals surface area contributed by atoms with Crippen LogP contribution in [0.25, 0.3) is 0 Å². The minimum absolute atomic E-state index is 0. The molecule has 0 heterocycles. The average Bonchev–Trinajstić information content (AvgIpc) is 1.63. The summed E-state index contributed by atoms with van der Waals surface area (Å²) < 4.78 is 36.4. The molecule has 0 amide bonds. The van der Waals surface area contributed by atoms with Crippen molar-refractivity contribution in [2.24, 2.45) is 0 Å². The van der Waals surface area contributed by atoms with Crippen LogP contribution in [0.1, 0.15) is 0 Å². The minimum atomic E-state index is -3.43. The quantitative estimate of drug-likeness (QED) is 0.451. The van der Waals surface area contributed by atoms with E-state index in [0.717, 1.165) is 0 Å². The van der Waals surface area contributed by atoms with Crippen LogP contribution >= 0.6 is 0 Å². The summed E-state index contributed by atoms with van der Waals surface area (Å²) in [4.78, 5) is 0. The Bertz CT molecular complexity index is 84.1. The van der Waals surface area contributed by atoms with Gasteiger partial charge < -0.3 is 14.7 Å². The molecule has 0 aromatic rings. The Morgan fingerprint density at radius 1 is 1.20 bits per heavy atom. The van der Waals surface area contributed by atoms with Crippen LogP contribution < -0.4 is 10.0 Å². The molecule has 0 aromatic heterocycles. The number of rotatable bonds is 3. The Morgan fingerprint density at radius 2 is 1.60 bits per heavy atom. The number of hydrogen-bond acceptors (Lipinski definition) is 3. The fourth-order valence-electron chi connectivity index (χ4n) is 0.166. The summed E-state index contributed by atoms with van der Waals surface area (Å²) in [6, 6.07) is 0. The second kappa shape index (κ2) is 6.23. The topological polar surface area (TPSA) is 55.3 Å². The summed E-state index contributed by atoms with van der Waals surface area (Å²) in [7, 11) is -2.99. The first-order valence-corrected chi connectivity index (χ1v) is 1.93. The third kappa shape index (κ3) is 6.62. The third-order valence-corrected chi connectivity index (χ3v) is 0.439. The molecular weight excluding hydrogens is 164 g/mol. The predicted molar refractivity (Wildman–Crippen MR) is 23.5 cm³/mol. The molecule has 0 aliphatic heterocycles. The molecule has 0 fully saturated rings. The van der Waals surface area contributed by atoms with E-state index >= 15 is 0 Å². The molecule has 8 heteroatoms. The van der Waals surface area contributed by atoms with Crippen LogP contribution in [-0.2, 0) is 4.65 Å². The molecule has 0 aromatic carbocycles. The van der Waals surface area contributed by atoms with Crippen LogP contribution in [-0.4, -0.2) is 43.2 Å². The predicted octanol–water partition coefficient (Wildman–Crippen LogP) is -2.11. The summed E-state index contributed by atoms with van der Waals surface area (Å²) in [6.45, 7) is 0. The van der Waals surface area contributed by atoms with Gasteiger partial charge >= 0.3 is 23.1 Å². The first kappa shape index (κ1) is 13.1. The maximum atomic E-state index is 11.4. The van der Waals surface area contributed by atoms with Crippen LogP contribution in [0.3, 0.4) is 0 Å². The molecule has 0 aliphatic rings. The minimum Gasteiger partial charge on any atom is -0.871 e. The second-order valence-corrected chi connectivity index (χ2v) is 1.11. The number of hydrogen-bond donors (Lipinski definition) is 0. The number of halogens is 3. The Labute approximate surface area is 71.5 Å². The molecule has 54 valence electrons. The molecule has 0 spiro atoms. The van der Waals surface area contributed by atoms with Crippen molar-refractivity contribution >= 4 is 30.4 Å². The molecule has 0 N–H and O–H groups in total. The molecule has 0 saturated carbocycles. The van der Waals surface area contributed by atoms with Crippen molar-refractivity contribution in [3.05, 3.63) is 0 Å². The SMILES string of the molecule is [Mg+2].[O-]B([O-])OC(F)C(F)F. The molecule has 3 nitrogen and oxygen atoms in total. The summed E-state index contributed by atoms with van der Waals surface area (Å²) >= 11 is 0. The fraction of sp³-hybridized carbons (Fsp3) is 1.00. The van der Waals surface area contributed by atoms with Gasteiger partial charge in [0.15, 0.2) is 0 Å². The molecule has 0 rings (SSSR count). The summed E-state index contributed by atoms with van der Waals surface area (Å²) in [5.74, 6) is 0. The van der Waals surface area contributed by atoms with E-state index in [9.17, 15) is 23.2 Å². The van der Waals surface area contributed by atoms with Gasteiger partial charge in [0.25, 0.3) is 6.43 Å². The Kier molecular flexibility index (Phi) is 8.17. The summed E-state index contributed by atoms with van der Waals surface area (Å²) in [5, 5.41) is 18.6. The summed E-state index contributed by atoms with van der Waals surface area (Å²) in [6.07, 6.45) is -6.50. The third-order valence-electron chi connectivity index (χ3n) is 0.439. The monoisotopic (exact) mass is 166 g/mol. The maximum absolute atomic E-state index is 11.4. The zero-order chi connectivity index (χ0) is 7.44. The van der Waals surface area contributed by atoms with Crippen LogP contribution in [0.2, 0.25) is 0 Å². The maximum Gasteiger partial charge on any atom is 2.00 e. The van der Waals surface area contributed by atoms with Gasteiger partial charge in [-0.15, -0.1) is 0 Å². The molecule has 0 bridgehead atoms. The van der Waals surface area contributed by atoms with E-state index in [-0.39, 0.29) is 23.1 Å². The van der Waals surface area contributed by atoms with Crippen LogP contribution in [0, 0.1) is 0 Å². The van der Waals surface area contributed by atoms with E-state index in [0.29, 0.717) is 0 Å². The molecule has 10 heavy (non-hydrogen) atoms. The van der Waals surface area contributed by atoms with Gasteiger partial charge in [0, 0.05) is 0 Å². The standard InChI is InChI=1S/C2H2BF3O3.Mg/c4-1(5)2(6)9-3(7)8;/h1-2H;/q-2;+2. The molecule has 1 unspecified atom stereocenters. The van der Waals surface area contributed by atoms with Crippen molar-refractivity contribution in [3.8, 4) is 0 Å². The molecule has 1 atom stereocenters. The molecule has 0 aliphatic carbocycles. The van der Waals surface area contributed by atoms with E-state index < -0.39 is 20.1 Å². The van der Waals surface area contributed by atoms with Gasteiger partial charge in [0.1, 0.15) is 0 Å². The van der Waals surface area contributed by atoms with Gasteiger partial charge in [0.05, 0.1) is 7.32 Å². The average molecular weight is 166 g/mol. The van der Waals surface area contributed by atoms with Crippen molar-refractivity contribution in [2.75, 3.05) is 0 Å². The number of alkyl halides is 3. The zero-order valence-electron chi connectivity index (χ0n) is 4.80. The second-order valence-electron chi connectivity index (χ2n) is 1.11. The molecule has 0 radical (unpaired) electrons. The smallest absolute Gasteiger partial charge is 0.871 e. The van der Waals surface area contributed by atoms with Crippen LogP contribution in [0.15, 0.2) is 0 Å². The fourth-order valence-corrected chi connectivity index (χ4v) is 0.166. The van der Waals surface area contributed by atoms with Gasteiger partial charge in [-0.25, -0.2) is 13.2 Å². The molecular formula is C2H2BF3MgO3. The Morgan fingerprint density at radius 3 is 1.70 bits per heavy atom. The van der Waals surface area contributed by atoms with Crippen LogP contribution in [0.4, 0.5) is 13.2 Å². The molecule has 0 saturated heterocycles. The van der Waals surface area contributed by atoms with Gasteiger partial charge in [-0.05, 0) is 0 Å². The summed E-state index contributed by atoms with van der Waals surface area (Å²) in [5.41, 5.74) is 0. The van der Waals surface area contributed by atoms with Gasteiger partial charge in [-0.2, -0.15) is 0 Å². The van der Waals surface area contributed by atoms with Gasteiger partial charge in [-0.1, -0.05) is 0 Å². The largest absolute Gasteiger partial charge is 2.00 e. The Hall–Kier alpha value is 0.501. The van der Waals surface area contributed by atoms with Crippen molar-refractivity contribution in [3.63, 3.8) is 0 Å². The van der Waals surface area contributed by atoms with E-state index in [1.807, 2.05) is 0 Å². The Balaban J connectivity index is 0. The first-order valence-electron chi connectivity index (χ1n) is 1.93. The van der Waals surface area contributed by atoms with Gasteiger partial charge in [0.2, 0.25) is 6.36 Å². The van der Waals surface area contributed by atoms with Gasteiger partial charge in [-0.3, -0.25) is 0 Å². The van der Waals surface area contributed by atoms with Crippen molar-refractivity contribution in [2.45, 2.75) is 12.8 Å². The van der Waals surface area contributed by atoms with E-state index in [4.69, 9.17) is 0 Å². The van der Waals surface area contributed by atoms with Crippen molar-refractivity contribution < 1.29 is 27.9 Å².